The number of carbonyl (C=O) groups excluding carboxylic acids is 1. The largest absolute Gasteiger partial charge is 0.416 e. The fraction of sp³-hybridized carbons (Fsp3) is 0.480. The standard InChI is InChI=1S/C25H27F6N3O.ClH/c1-16(19-11-20(24(26,27)28)13-21(12-19)25(29,30)31)33(2)22(35)23(34-9-7-32-8-10-34)14-17-5-3-4-6-18(17)15-23;/h3-6,11-13,16,32H,7-10,14-15H2,1-2H3;1H. The predicted octanol–water partition coefficient (Wildman–Crippen LogP) is 5.11. The van der Waals surface area contributed by atoms with Gasteiger partial charge in [0.15, 0.2) is 0 Å². The van der Waals surface area contributed by atoms with E-state index in [0.717, 1.165) is 11.1 Å². The second kappa shape index (κ2) is 10.2. The summed E-state index contributed by atoms with van der Waals surface area (Å²) in [6.45, 7) is 4.06. The Bertz CT molecular complexity index is 1040. The van der Waals surface area contributed by atoms with E-state index in [1.807, 2.05) is 24.3 Å². The van der Waals surface area contributed by atoms with Crippen LogP contribution < -0.4 is 5.32 Å². The summed E-state index contributed by atoms with van der Waals surface area (Å²) in [5.74, 6) is -0.311. The average Bonchev–Trinajstić information content (AvgIpc) is 3.22. The van der Waals surface area contributed by atoms with Crippen molar-refractivity contribution in [2.75, 3.05) is 33.2 Å². The van der Waals surface area contributed by atoms with Crippen molar-refractivity contribution in [3.05, 3.63) is 70.3 Å². The number of nitrogens with zero attached hydrogens (tertiary/aromatic N) is 2. The smallest absolute Gasteiger partial charge is 0.337 e. The zero-order valence-corrected chi connectivity index (χ0v) is 20.7. The Morgan fingerprint density at radius 3 is 1.86 bits per heavy atom. The van der Waals surface area contributed by atoms with Gasteiger partial charge in [-0.15, -0.1) is 12.4 Å². The Morgan fingerprint density at radius 2 is 1.42 bits per heavy atom. The summed E-state index contributed by atoms with van der Waals surface area (Å²) < 4.78 is 80.4. The Balaban J connectivity index is 0.00000361. The predicted molar refractivity (Wildman–Crippen MR) is 126 cm³/mol. The molecule has 1 saturated heterocycles. The number of alkyl halides is 6. The molecule has 1 aliphatic heterocycles. The van der Waals surface area contributed by atoms with Crippen LogP contribution >= 0.6 is 12.4 Å². The second-order valence-electron chi connectivity index (χ2n) is 9.32. The molecule has 1 unspecified atom stereocenters. The monoisotopic (exact) mass is 535 g/mol. The molecule has 0 aromatic heterocycles. The van der Waals surface area contributed by atoms with Crippen LogP contribution in [0.25, 0.3) is 0 Å². The van der Waals surface area contributed by atoms with Crippen LogP contribution in [-0.4, -0.2) is 54.5 Å². The highest BCUT2D eigenvalue weighted by Gasteiger charge is 2.50. The van der Waals surface area contributed by atoms with E-state index in [9.17, 15) is 31.1 Å². The van der Waals surface area contributed by atoms with Gasteiger partial charge in [-0.05, 0) is 41.8 Å². The lowest BCUT2D eigenvalue weighted by atomic mass is 9.89. The maximum absolute atomic E-state index is 14.0. The van der Waals surface area contributed by atoms with Gasteiger partial charge in [-0.3, -0.25) is 9.69 Å². The number of likely N-dealkylation sites (N-methyl/N-ethyl adjacent to an activating group) is 1. The van der Waals surface area contributed by atoms with Crippen LogP contribution in [0.3, 0.4) is 0 Å². The Labute approximate surface area is 212 Å². The third-order valence-corrected chi connectivity index (χ3v) is 7.20. The first-order valence-electron chi connectivity index (χ1n) is 11.4. The van der Waals surface area contributed by atoms with Crippen LogP contribution in [-0.2, 0) is 30.0 Å². The highest BCUT2D eigenvalue weighted by molar-refractivity contribution is 5.88. The molecule has 0 spiro atoms. The molecular formula is C25H28ClF6N3O. The molecule has 1 fully saturated rings. The number of hydrogen-bond acceptors (Lipinski definition) is 3. The van der Waals surface area contributed by atoms with Crippen molar-refractivity contribution in [3.8, 4) is 0 Å². The van der Waals surface area contributed by atoms with Crippen molar-refractivity contribution >= 4 is 18.3 Å². The van der Waals surface area contributed by atoms with E-state index in [1.165, 1.54) is 18.9 Å². The number of piperazine rings is 1. The van der Waals surface area contributed by atoms with Crippen molar-refractivity contribution in [3.63, 3.8) is 0 Å². The highest BCUT2D eigenvalue weighted by Crippen LogP contribution is 2.40. The van der Waals surface area contributed by atoms with Gasteiger partial charge in [-0.2, -0.15) is 26.3 Å². The SMILES string of the molecule is CC(c1cc(C(F)(F)F)cc(C(F)(F)F)c1)N(C)C(=O)C1(N2CCNCC2)Cc2ccccc2C1.Cl. The van der Waals surface area contributed by atoms with Crippen LogP contribution in [0.1, 0.15) is 40.8 Å². The van der Waals surface area contributed by atoms with Crippen LogP contribution in [0.5, 0.6) is 0 Å². The van der Waals surface area contributed by atoms with Crippen LogP contribution in [0.2, 0.25) is 0 Å². The minimum Gasteiger partial charge on any atom is -0.337 e. The maximum atomic E-state index is 14.0. The third-order valence-electron chi connectivity index (χ3n) is 7.20. The van der Waals surface area contributed by atoms with Gasteiger partial charge in [0.2, 0.25) is 5.91 Å². The number of carbonyl (C=O) groups is 1. The molecule has 2 aromatic rings. The van der Waals surface area contributed by atoms with Crippen molar-refractivity contribution in [1.29, 1.82) is 0 Å². The van der Waals surface area contributed by atoms with E-state index < -0.39 is 35.1 Å². The molecule has 4 nitrogen and oxygen atoms in total. The Morgan fingerprint density at radius 1 is 0.944 bits per heavy atom. The molecule has 36 heavy (non-hydrogen) atoms. The molecule has 1 aliphatic carbocycles. The average molecular weight is 536 g/mol. The molecule has 0 bridgehead atoms. The number of halogens is 7. The molecule has 0 radical (unpaired) electrons. The number of rotatable bonds is 4. The van der Waals surface area contributed by atoms with Crippen LogP contribution in [0.15, 0.2) is 42.5 Å². The summed E-state index contributed by atoms with van der Waals surface area (Å²) in [6.07, 6.45) is -9.02. The zero-order valence-electron chi connectivity index (χ0n) is 19.8. The summed E-state index contributed by atoms with van der Waals surface area (Å²) in [6, 6.07) is 8.20. The van der Waals surface area contributed by atoms with Gasteiger partial charge < -0.3 is 10.2 Å². The van der Waals surface area contributed by atoms with Gasteiger partial charge in [-0.1, -0.05) is 24.3 Å². The summed E-state index contributed by atoms with van der Waals surface area (Å²) in [4.78, 5) is 17.4. The number of amides is 1. The number of benzene rings is 2. The van der Waals surface area contributed by atoms with E-state index in [4.69, 9.17) is 0 Å². The zero-order chi connectivity index (χ0) is 25.6. The molecule has 1 N–H and O–H groups in total. The molecule has 1 amide bonds. The van der Waals surface area contributed by atoms with Crippen molar-refractivity contribution < 1.29 is 31.1 Å². The second-order valence-corrected chi connectivity index (χ2v) is 9.32. The van der Waals surface area contributed by atoms with E-state index >= 15 is 0 Å². The molecule has 1 atom stereocenters. The first-order chi connectivity index (χ1) is 16.3. The normalized spacial score (nSPS) is 18.8. The lowest BCUT2D eigenvalue weighted by Gasteiger charge is -2.45. The lowest BCUT2D eigenvalue weighted by molar-refractivity contribution is -0.145. The van der Waals surface area contributed by atoms with E-state index in [-0.39, 0.29) is 29.9 Å². The van der Waals surface area contributed by atoms with E-state index in [2.05, 4.69) is 10.2 Å². The van der Waals surface area contributed by atoms with E-state index in [0.29, 0.717) is 51.2 Å². The van der Waals surface area contributed by atoms with Crippen molar-refractivity contribution in [2.45, 2.75) is 43.7 Å². The first kappa shape index (κ1) is 28.3. The minimum atomic E-state index is -4.95. The molecular weight excluding hydrogens is 508 g/mol. The summed E-state index contributed by atoms with van der Waals surface area (Å²) >= 11 is 0. The number of fused-ring (bicyclic) bond motifs is 1. The topological polar surface area (TPSA) is 35.6 Å². The molecule has 2 aliphatic rings. The maximum Gasteiger partial charge on any atom is 0.416 e. The van der Waals surface area contributed by atoms with Crippen molar-refractivity contribution in [1.82, 2.24) is 15.1 Å². The number of nitrogens with one attached hydrogen (secondary N) is 1. The van der Waals surface area contributed by atoms with Gasteiger partial charge >= 0.3 is 12.4 Å². The summed E-state index contributed by atoms with van der Waals surface area (Å²) in [5, 5.41) is 3.25. The Kier molecular flexibility index (Phi) is 8.03. The lowest BCUT2D eigenvalue weighted by Crippen LogP contribution is -2.64. The Hall–Kier alpha value is -2.30. The van der Waals surface area contributed by atoms with Crippen LogP contribution in [0, 0.1) is 0 Å². The van der Waals surface area contributed by atoms with Gasteiger partial charge in [0.1, 0.15) is 5.54 Å². The quantitative estimate of drug-likeness (QED) is 0.553. The fourth-order valence-corrected chi connectivity index (χ4v) is 5.15. The molecule has 11 heteroatoms. The molecule has 2 aromatic carbocycles. The van der Waals surface area contributed by atoms with Gasteiger partial charge in [0, 0.05) is 46.1 Å². The van der Waals surface area contributed by atoms with Gasteiger partial charge in [0.25, 0.3) is 0 Å². The molecule has 0 saturated carbocycles. The fourth-order valence-electron chi connectivity index (χ4n) is 5.15. The summed E-state index contributed by atoms with van der Waals surface area (Å²) in [7, 11) is 1.45. The van der Waals surface area contributed by atoms with Crippen molar-refractivity contribution in [2.24, 2.45) is 0 Å². The summed E-state index contributed by atoms with van der Waals surface area (Å²) in [5.41, 5.74) is -1.88. The minimum absolute atomic E-state index is 0. The molecule has 4 rings (SSSR count). The molecule has 198 valence electrons. The first-order valence-corrected chi connectivity index (χ1v) is 11.4. The van der Waals surface area contributed by atoms with Gasteiger partial charge in [0.05, 0.1) is 17.2 Å². The van der Waals surface area contributed by atoms with E-state index in [1.54, 1.807) is 0 Å². The highest BCUT2D eigenvalue weighted by atomic mass is 35.5. The third kappa shape index (κ3) is 5.35. The number of hydrogen-bond donors (Lipinski definition) is 1. The molecule has 1 heterocycles. The van der Waals surface area contributed by atoms with Crippen LogP contribution in [0.4, 0.5) is 26.3 Å². The van der Waals surface area contributed by atoms with Gasteiger partial charge in [-0.25, -0.2) is 0 Å².